The molecule has 0 saturated carbocycles. The predicted octanol–water partition coefficient (Wildman–Crippen LogP) is 7.56. The van der Waals surface area contributed by atoms with Crippen LogP contribution in [0.15, 0.2) is 109 Å². The van der Waals surface area contributed by atoms with E-state index in [4.69, 9.17) is 9.47 Å². The molecule has 0 amide bonds. The van der Waals surface area contributed by atoms with Crippen molar-refractivity contribution in [2.24, 2.45) is 0 Å². The molecule has 5 aromatic rings. The summed E-state index contributed by atoms with van der Waals surface area (Å²) < 4.78 is 12.2. The quantitative estimate of drug-likeness (QED) is 0.236. The van der Waals surface area contributed by atoms with Gasteiger partial charge in [0.15, 0.2) is 6.10 Å². The molecule has 4 nitrogen and oxygen atoms in total. The summed E-state index contributed by atoms with van der Waals surface area (Å²) in [7, 11) is 0. The Morgan fingerprint density at radius 1 is 0.605 bits per heavy atom. The van der Waals surface area contributed by atoms with Gasteiger partial charge in [-0.05, 0) is 75.7 Å². The Morgan fingerprint density at radius 2 is 1.24 bits per heavy atom. The summed E-state index contributed by atoms with van der Waals surface area (Å²) >= 11 is 0. The number of benzene rings is 5. The van der Waals surface area contributed by atoms with Gasteiger partial charge in [0, 0.05) is 5.56 Å². The Hall–Kier alpha value is -4.70. The van der Waals surface area contributed by atoms with E-state index < -0.39 is 24.1 Å². The first-order valence-electron chi connectivity index (χ1n) is 12.9. The van der Waals surface area contributed by atoms with Gasteiger partial charge in [0.05, 0.1) is 11.1 Å². The van der Waals surface area contributed by atoms with Gasteiger partial charge in [-0.25, -0.2) is 9.59 Å². The Bertz CT molecular complexity index is 1700. The molecule has 2 aliphatic carbocycles. The van der Waals surface area contributed by atoms with E-state index in [1.165, 1.54) is 33.0 Å². The van der Waals surface area contributed by atoms with E-state index in [-0.39, 0.29) is 0 Å². The highest BCUT2D eigenvalue weighted by molar-refractivity contribution is 6.16. The summed E-state index contributed by atoms with van der Waals surface area (Å²) in [6.45, 7) is 0. The van der Waals surface area contributed by atoms with E-state index in [2.05, 4.69) is 42.5 Å². The van der Waals surface area contributed by atoms with Crippen LogP contribution in [0.2, 0.25) is 0 Å². The monoisotopic (exact) mass is 496 g/mol. The first kappa shape index (κ1) is 22.5. The second-order valence-electron chi connectivity index (χ2n) is 9.81. The Labute approximate surface area is 220 Å². The van der Waals surface area contributed by atoms with Gasteiger partial charge in [-0.3, -0.25) is 0 Å². The first-order valence-corrected chi connectivity index (χ1v) is 12.9. The van der Waals surface area contributed by atoms with Crippen molar-refractivity contribution >= 4 is 22.7 Å². The molecule has 0 saturated heterocycles. The van der Waals surface area contributed by atoms with Crippen LogP contribution in [0.3, 0.4) is 0 Å². The highest BCUT2D eigenvalue weighted by Gasteiger charge is 2.39. The molecule has 0 heterocycles. The molecule has 0 radical (unpaired) electrons. The molecule has 7 rings (SSSR count). The fraction of sp³-hybridized carbons (Fsp3) is 0.118. The standard InChI is InChI=1S/C34H24O4/c35-33(22-9-3-1-4-10-22)37-29-20-19-26-27(32(29)38-34(36)23-11-5-2-6-12-23)18-17-25-24-15-7-13-21-14-8-16-28(30(21)24)31(25)26/h1-18,29,32H,19-20H2/t29-,32-/m0/s1. The Balaban J connectivity index is 1.32. The fourth-order valence-corrected chi connectivity index (χ4v) is 5.94. The zero-order chi connectivity index (χ0) is 25.6. The topological polar surface area (TPSA) is 52.6 Å². The lowest BCUT2D eigenvalue weighted by molar-refractivity contribution is -0.0436. The van der Waals surface area contributed by atoms with Crippen molar-refractivity contribution in [2.45, 2.75) is 25.0 Å². The molecule has 0 aliphatic heterocycles. The summed E-state index contributed by atoms with van der Waals surface area (Å²) in [5.74, 6) is -0.853. The van der Waals surface area contributed by atoms with Crippen molar-refractivity contribution in [3.05, 3.63) is 131 Å². The maximum Gasteiger partial charge on any atom is 0.338 e. The van der Waals surface area contributed by atoms with Gasteiger partial charge in [-0.1, -0.05) is 84.9 Å². The van der Waals surface area contributed by atoms with Gasteiger partial charge in [0.2, 0.25) is 0 Å². The molecule has 2 atom stereocenters. The lowest BCUT2D eigenvalue weighted by Crippen LogP contribution is -2.33. The Kier molecular flexibility index (Phi) is 5.33. The van der Waals surface area contributed by atoms with Gasteiger partial charge in [-0.2, -0.15) is 0 Å². The van der Waals surface area contributed by atoms with Crippen molar-refractivity contribution in [2.75, 3.05) is 0 Å². The molecule has 0 fully saturated rings. The predicted molar refractivity (Wildman–Crippen MR) is 147 cm³/mol. The Morgan fingerprint density at radius 3 is 1.92 bits per heavy atom. The second-order valence-corrected chi connectivity index (χ2v) is 9.81. The van der Waals surface area contributed by atoms with E-state index in [1.807, 2.05) is 30.3 Å². The largest absolute Gasteiger partial charge is 0.454 e. The number of carbonyl (C=O) groups is 2. The van der Waals surface area contributed by atoms with Crippen LogP contribution in [0.5, 0.6) is 0 Å². The van der Waals surface area contributed by atoms with Gasteiger partial charge >= 0.3 is 11.9 Å². The summed E-state index contributed by atoms with van der Waals surface area (Å²) in [6, 6.07) is 34.9. The summed E-state index contributed by atoms with van der Waals surface area (Å²) in [5.41, 5.74) is 7.82. The summed E-state index contributed by atoms with van der Waals surface area (Å²) in [5, 5.41) is 2.47. The van der Waals surface area contributed by atoms with Gasteiger partial charge in [0.25, 0.3) is 0 Å². The van der Waals surface area contributed by atoms with Crippen molar-refractivity contribution in [3.63, 3.8) is 0 Å². The molecule has 0 unspecified atom stereocenters. The van der Waals surface area contributed by atoms with Crippen LogP contribution in [-0.2, 0) is 15.9 Å². The minimum absolute atomic E-state index is 0.418. The van der Waals surface area contributed by atoms with Crippen molar-refractivity contribution in [3.8, 4) is 22.3 Å². The van der Waals surface area contributed by atoms with E-state index in [0.29, 0.717) is 17.5 Å². The average Bonchev–Trinajstić information content (AvgIpc) is 3.31. The zero-order valence-electron chi connectivity index (χ0n) is 20.6. The molecule has 38 heavy (non-hydrogen) atoms. The van der Waals surface area contributed by atoms with Crippen molar-refractivity contribution in [1.29, 1.82) is 0 Å². The molecule has 0 N–H and O–H groups in total. The molecule has 2 aliphatic rings. The van der Waals surface area contributed by atoms with E-state index in [1.54, 1.807) is 36.4 Å². The van der Waals surface area contributed by atoms with Gasteiger partial charge in [-0.15, -0.1) is 0 Å². The molecule has 0 spiro atoms. The van der Waals surface area contributed by atoms with Crippen LogP contribution in [0.25, 0.3) is 33.0 Å². The number of ether oxygens (including phenoxy) is 2. The van der Waals surface area contributed by atoms with Crippen molar-refractivity contribution in [1.82, 2.24) is 0 Å². The lowest BCUT2D eigenvalue weighted by atomic mass is 9.81. The normalized spacial score (nSPS) is 16.9. The van der Waals surface area contributed by atoms with Crippen LogP contribution in [0, 0.1) is 0 Å². The van der Waals surface area contributed by atoms with Gasteiger partial charge in [0.1, 0.15) is 6.10 Å². The fourth-order valence-electron chi connectivity index (χ4n) is 5.94. The minimum atomic E-state index is -0.715. The lowest BCUT2D eigenvalue weighted by Gasteiger charge is -2.34. The number of hydrogen-bond donors (Lipinski definition) is 0. The number of rotatable bonds is 4. The number of hydrogen-bond acceptors (Lipinski definition) is 4. The average molecular weight is 497 g/mol. The number of carbonyl (C=O) groups excluding carboxylic acids is 2. The summed E-state index contributed by atoms with van der Waals surface area (Å²) in [6.07, 6.45) is -0.0383. The van der Waals surface area contributed by atoms with Crippen LogP contribution in [-0.4, -0.2) is 18.0 Å². The first-order chi connectivity index (χ1) is 18.7. The molecule has 4 heteroatoms. The highest BCUT2D eigenvalue weighted by atomic mass is 16.6. The molecule has 184 valence electrons. The van der Waals surface area contributed by atoms with Crippen molar-refractivity contribution < 1.29 is 19.1 Å². The van der Waals surface area contributed by atoms with Crippen LogP contribution in [0.4, 0.5) is 0 Å². The molecule has 0 aromatic heterocycles. The number of fused-ring (bicyclic) bond motifs is 5. The maximum absolute atomic E-state index is 13.2. The van der Waals surface area contributed by atoms with E-state index in [0.717, 1.165) is 17.5 Å². The maximum atomic E-state index is 13.2. The number of esters is 2. The molecule has 0 bridgehead atoms. The van der Waals surface area contributed by atoms with E-state index >= 15 is 0 Å². The minimum Gasteiger partial charge on any atom is -0.454 e. The smallest absolute Gasteiger partial charge is 0.338 e. The van der Waals surface area contributed by atoms with Gasteiger partial charge < -0.3 is 9.47 Å². The zero-order valence-corrected chi connectivity index (χ0v) is 20.6. The molecule has 5 aromatic carbocycles. The SMILES string of the molecule is O=C(O[C@H]1CCc2c(ccc3c2-c2cccc4cccc-3c24)[C@@H]1OC(=O)c1ccccc1)c1ccccc1. The second kappa shape index (κ2) is 9.00. The summed E-state index contributed by atoms with van der Waals surface area (Å²) in [4.78, 5) is 26.3. The van der Waals surface area contributed by atoms with Crippen LogP contribution < -0.4 is 0 Å². The third-order valence-corrected chi connectivity index (χ3v) is 7.65. The van der Waals surface area contributed by atoms with Crippen LogP contribution in [0.1, 0.15) is 44.4 Å². The third kappa shape index (κ3) is 3.60. The van der Waals surface area contributed by atoms with Crippen LogP contribution >= 0.6 is 0 Å². The molecular formula is C34H24O4. The molecular weight excluding hydrogens is 472 g/mol. The third-order valence-electron chi connectivity index (χ3n) is 7.65. The highest BCUT2D eigenvalue weighted by Crippen LogP contribution is 2.52. The van der Waals surface area contributed by atoms with E-state index in [9.17, 15) is 9.59 Å².